The third-order valence-corrected chi connectivity index (χ3v) is 3.62. The van der Waals surface area contributed by atoms with Crippen molar-refractivity contribution in [2.75, 3.05) is 12.8 Å². The Morgan fingerprint density at radius 2 is 1.89 bits per heavy atom. The Bertz CT molecular complexity index is 1030. The van der Waals surface area contributed by atoms with Crippen molar-refractivity contribution in [3.63, 3.8) is 0 Å². The van der Waals surface area contributed by atoms with Crippen molar-refractivity contribution in [2.45, 2.75) is 0 Å². The van der Waals surface area contributed by atoms with Gasteiger partial charge in [0.15, 0.2) is 0 Å². The van der Waals surface area contributed by atoms with Crippen LogP contribution in [-0.4, -0.2) is 38.6 Å². The second-order valence-electron chi connectivity index (χ2n) is 5.39. The lowest BCUT2D eigenvalue weighted by atomic mass is 10.2. The minimum absolute atomic E-state index is 0.0163. The number of anilines is 1. The summed E-state index contributed by atoms with van der Waals surface area (Å²) in [6.45, 7) is 0. The van der Waals surface area contributed by atoms with Crippen LogP contribution in [0.3, 0.4) is 0 Å². The van der Waals surface area contributed by atoms with Crippen molar-refractivity contribution in [3.05, 3.63) is 64.0 Å². The number of carbonyl (C=O) groups excluding carboxylic acids is 1. The maximum Gasteiger partial charge on any atom is 0.338 e. The number of aryl methyl sites for hydroxylation is 1. The number of nitrogens with two attached hydrogens (primary N) is 1. The van der Waals surface area contributed by atoms with Crippen LogP contribution in [0.15, 0.2) is 42.7 Å². The number of hydrogen-bond donors (Lipinski definition) is 2. The molecule has 0 spiro atoms. The van der Waals surface area contributed by atoms with E-state index < -0.39 is 16.9 Å². The van der Waals surface area contributed by atoms with Crippen LogP contribution in [0.4, 0.5) is 11.4 Å². The van der Waals surface area contributed by atoms with E-state index in [1.807, 2.05) is 11.6 Å². The number of esters is 1. The molecule has 0 fully saturated rings. The molecule has 3 aromatic rings. The molecule has 140 valence electrons. The lowest BCUT2D eigenvalue weighted by Crippen LogP contribution is -2.03. The van der Waals surface area contributed by atoms with Gasteiger partial charge in [-0.25, -0.2) is 14.6 Å². The number of ether oxygens (including phenoxy) is 1. The standard InChI is InChI=1S/C9H8N2O2.C8H8N2O4/c1-11-5-10-7-4-6(9(12)13)2-3-8(7)11;1-14-8(11)5-2-3-6(9)7(4-5)10(12)13/h2-5H,1H3,(H,12,13);2-4H,9H2,1H3. The van der Waals surface area contributed by atoms with Crippen LogP contribution in [0, 0.1) is 10.1 Å². The fraction of sp³-hybridized carbons (Fsp3) is 0.118. The highest BCUT2D eigenvalue weighted by Gasteiger charge is 2.15. The molecule has 2 aromatic carbocycles. The predicted molar refractivity (Wildman–Crippen MR) is 96.5 cm³/mol. The summed E-state index contributed by atoms with van der Waals surface area (Å²) in [6, 6.07) is 8.65. The second kappa shape index (κ2) is 7.95. The van der Waals surface area contributed by atoms with Gasteiger partial charge < -0.3 is 20.1 Å². The van der Waals surface area contributed by atoms with Gasteiger partial charge in [0, 0.05) is 13.1 Å². The number of methoxy groups -OCH3 is 1. The summed E-state index contributed by atoms with van der Waals surface area (Å²) in [5.74, 6) is -1.55. The minimum Gasteiger partial charge on any atom is -0.478 e. The number of carboxylic acids is 1. The Morgan fingerprint density at radius 1 is 1.22 bits per heavy atom. The first-order chi connectivity index (χ1) is 12.7. The summed E-state index contributed by atoms with van der Waals surface area (Å²) >= 11 is 0. The monoisotopic (exact) mass is 372 g/mol. The van der Waals surface area contributed by atoms with E-state index in [0.717, 1.165) is 11.6 Å². The number of nitrogens with zero attached hydrogens (tertiary/aromatic N) is 3. The smallest absolute Gasteiger partial charge is 0.338 e. The molecular weight excluding hydrogens is 356 g/mol. The van der Waals surface area contributed by atoms with E-state index >= 15 is 0 Å². The zero-order chi connectivity index (χ0) is 20.1. The van der Waals surface area contributed by atoms with Crippen LogP contribution in [0.25, 0.3) is 11.0 Å². The quantitative estimate of drug-likeness (QED) is 0.307. The van der Waals surface area contributed by atoms with Gasteiger partial charge in [0.2, 0.25) is 0 Å². The van der Waals surface area contributed by atoms with Gasteiger partial charge in [-0.15, -0.1) is 0 Å². The minimum atomic E-state index is -0.924. The van der Waals surface area contributed by atoms with Gasteiger partial charge in [0.05, 0.1) is 40.5 Å². The molecule has 10 heteroatoms. The summed E-state index contributed by atoms with van der Waals surface area (Å²) in [5.41, 5.74) is 7.08. The Balaban J connectivity index is 0.000000194. The van der Waals surface area contributed by atoms with Gasteiger partial charge in [0.25, 0.3) is 5.69 Å². The Morgan fingerprint density at radius 3 is 2.48 bits per heavy atom. The zero-order valence-electron chi connectivity index (χ0n) is 14.4. The largest absolute Gasteiger partial charge is 0.478 e. The summed E-state index contributed by atoms with van der Waals surface area (Å²) in [6.07, 6.45) is 1.66. The van der Waals surface area contributed by atoms with Crippen molar-refractivity contribution in [1.29, 1.82) is 0 Å². The molecule has 3 N–H and O–H groups in total. The Kier molecular flexibility index (Phi) is 5.71. The molecule has 3 rings (SSSR count). The van der Waals surface area contributed by atoms with Crippen molar-refractivity contribution < 1.29 is 24.4 Å². The molecule has 0 aliphatic carbocycles. The summed E-state index contributed by atoms with van der Waals surface area (Å²) in [4.78, 5) is 35.5. The number of fused-ring (bicyclic) bond motifs is 1. The Labute approximate surface area is 152 Å². The van der Waals surface area contributed by atoms with Gasteiger partial charge in [-0.1, -0.05) is 0 Å². The zero-order valence-corrected chi connectivity index (χ0v) is 14.4. The maximum atomic E-state index is 11.0. The molecule has 0 saturated carbocycles. The first-order valence-electron chi connectivity index (χ1n) is 7.51. The first kappa shape index (κ1) is 19.4. The first-order valence-corrected chi connectivity index (χ1v) is 7.51. The third-order valence-electron chi connectivity index (χ3n) is 3.62. The molecule has 0 unspecified atom stereocenters. The fourth-order valence-electron chi connectivity index (χ4n) is 2.22. The van der Waals surface area contributed by atoms with Gasteiger partial charge in [-0.05, 0) is 30.3 Å². The number of carbonyl (C=O) groups is 2. The molecule has 0 aliphatic rings. The highest BCUT2D eigenvalue weighted by molar-refractivity contribution is 5.92. The summed E-state index contributed by atoms with van der Waals surface area (Å²) < 4.78 is 6.26. The Hall–Kier alpha value is -3.95. The normalized spacial score (nSPS) is 10.0. The molecule has 0 radical (unpaired) electrons. The van der Waals surface area contributed by atoms with Crippen LogP contribution < -0.4 is 5.73 Å². The SMILES string of the molecule is COC(=O)c1ccc(N)c([N+](=O)[O-])c1.Cn1cnc2cc(C(=O)O)ccc21. The molecule has 0 atom stereocenters. The van der Waals surface area contributed by atoms with E-state index in [9.17, 15) is 19.7 Å². The van der Waals surface area contributed by atoms with Crippen LogP contribution in [-0.2, 0) is 11.8 Å². The van der Waals surface area contributed by atoms with Crippen LogP contribution >= 0.6 is 0 Å². The number of benzene rings is 2. The molecule has 1 aromatic heterocycles. The molecule has 10 nitrogen and oxygen atoms in total. The van der Waals surface area contributed by atoms with E-state index in [1.54, 1.807) is 24.5 Å². The number of hydrogen-bond acceptors (Lipinski definition) is 7. The van der Waals surface area contributed by atoms with Gasteiger partial charge in [0.1, 0.15) is 5.69 Å². The molecule has 1 heterocycles. The maximum absolute atomic E-state index is 11.0. The number of nitro benzene ring substituents is 1. The van der Waals surface area contributed by atoms with Crippen molar-refractivity contribution in [3.8, 4) is 0 Å². The van der Waals surface area contributed by atoms with Gasteiger partial charge in [-0.2, -0.15) is 0 Å². The van der Waals surface area contributed by atoms with E-state index in [0.29, 0.717) is 5.52 Å². The van der Waals surface area contributed by atoms with E-state index in [4.69, 9.17) is 10.8 Å². The number of aromatic nitrogens is 2. The predicted octanol–water partition coefficient (Wildman–Crippen LogP) is 2.24. The number of aromatic carboxylic acids is 1. The van der Waals surface area contributed by atoms with Crippen LogP contribution in [0.2, 0.25) is 0 Å². The average Bonchev–Trinajstić information content (AvgIpc) is 3.02. The highest BCUT2D eigenvalue weighted by atomic mass is 16.6. The van der Waals surface area contributed by atoms with Gasteiger partial charge >= 0.3 is 11.9 Å². The lowest BCUT2D eigenvalue weighted by Gasteiger charge is -2.00. The molecule has 0 saturated heterocycles. The number of nitro groups is 1. The molecule has 0 bridgehead atoms. The van der Waals surface area contributed by atoms with Crippen molar-refractivity contribution >= 4 is 34.3 Å². The molecular formula is C17H16N4O6. The van der Waals surface area contributed by atoms with E-state index in [1.165, 1.54) is 19.2 Å². The molecule has 27 heavy (non-hydrogen) atoms. The third kappa shape index (κ3) is 4.37. The molecule has 0 aliphatic heterocycles. The number of nitrogen functional groups attached to an aromatic ring is 1. The fourth-order valence-corrected chi connectivity index (χ4v) is 2.22. The van der Waals surface area contributed by atoms with Gasteiger partial charge in [-0.3, -0.25) is 10.1 Å². The average molecular weight is 372 g/mol. The summed E-state index contributed by atoms with van der Waals surface area (Å²) in [5, 5.41) is 19.2. The van der Waals surface area contributed by atoms with Crippen molar-refractivity contribution in [1.82, 2.24) is 9.55 Å². The number of rotatable bonds is 3. The summed E-state index contributed by atoms with van der Waals surface area (Å²) in [7, 11) is 3.07. The van der Waals surface area contributed by atoms with Crippen LogP contribution in [0.5, 0.6) is 0 Å². The van der Waals surface area contributed by atoms with E-state index in [2.05, 4.69) is 9.72 Å². The van der Waals surface area contributed by atoms with Crippen molar-refractivity contribution in [2.24, 2.45) is 7.05 Å². The van der Waals surface area contributed by atoms with Crippen LogP contribution in [0.1, 0.15) is 20.7 Å². The molecule has 0 amide bonds. The number of imidazole rings is 1. The highest BCUT2D eigenvalue weighted by Crippen LogP contribution is 2.22. The topological polar surface area (TPSA) is 151 Å². The van der Waals surface area contributed by atoms with E-state index in [-0.39, 0.29) is 22.5 Å². The second-order valence-corrected chi connectivity index (χ2v) is 5.39. The number of carboxylic acid groups (broad SMARTS) is 1. The lowest BCUT2D eigenvalue weighted by molar-refractivity contribution is -0.383.